The molecule has 8 rings (SSSR count). The van der Waals surface area contributed by atoms with Crippen LogP contribution in [0.3, 0.4) is 0 Å². The first-order chi connectivity index (χ1) is 34.9. The molecule has 0 bridgehead atoms. The first-order valence-electron chi connectivity index (χ1n) is 22.7. The third-order valence-electron chi connectivity index (χ3n) is 12.9. The van der Waals surface area contributed by atoms with Crippen molar-refractivity contribution >= 4 is 60.9 Å². The fourth-order valence-corrected chi connectivity index (χ4v) is 10.0. The molecule has 3 atom stereocenters. The Morgan fingerprint density at radius 2 is 1.64 bits per heavy atom. The van der Waals surface area contributed by atoms with Gasteiger partial charge in [-0.05, 0) is 74.4 Å². The lowest BCUT2D eigenvalue weighted by molar-refractivity contribution is -0.143. The first kappa shape index (κ1) is 55.2. The maximum absolute atomic E-state index is 15.6. The van der Waals surface area contributed by atoms with Crippen molar-refractivity contribution in [3.8, 4) is 23.0 Å². The maximum atomic E-state index is 15.6. The Bertz CT molecular complexity index is 3320. The van der Waals surface area contributed by atoms with Gasteiger partial charge in [0.15, 0.2) is 21.3 Å². The van der Waals surface area contributed by atoms with E-state index < -0.39 is 150 Å². The Balaban J connectivity index is 1.29. The summed E-state index contributed by atoms with van der Waals surface area (Å²) in [5, 5.41) is 11.6. The van der Waals surface area contributed by atoms with Gasteiger partial charge in [0, 0.05) is 61.1 Å². The summed E-state index contributed by atoms with van der Waals surface area (Å²) in [5.74, 6) is -6.55. The number of aromatic nitrogens is 5. The highest BCUT2D eigenvalue weighted by Crippen LogP contribution is 2.68. The molecule has 29 heteroatoms. The van der Waals surface area contributed by atoms with Gasteiger partial charge in [-0.1, -0.05) is 23.6 Å². The summed E-state index contributed by atoms with van der Waals surface area (Å²) in [4.78, 5) is 34.0. The molecule has 1 saturated carbocycles. The average molecular weight is 1120 g/mol. The van der Waals surface area contributed by atoms with Gasteiger partial charge in [-0.3, -0.25) is 23.9 Å². The Morgan fingerprint density at radius 3 is 2.27 bits per heavy atom. The van der Waals surface area contributed by atoms with Crippen LogP contribution in [-0.2, 0) is 66.7 Å². The minimum absolute atomic E-state index is 0.0461. The zero-order valence-corrected chi connectivity index (χ0v) is 42.0. The van der Waals surface area contributed by atoms with E-state index in [2.05, 4.69) is 37.7 Å². The van der Waals surface area contributed by atoms with Crippen molar-refractivity contribution < 1.29 is 75.1 Å². The van der Waals surface area contributed by atoms with Gasteiger partial charge in [0.1, 0.15) is 47.4 Å². The molecule has 0 radical (unpaired) electrons. The number of halogens is 11. The number of morpholine rings is 1. The van der Waals surface area contributed by atoms with Gasteiger partial charge in [0.2, 0.25) is 22.7 Å². The zero-order valence-electron chi connectivity index (χ0n) is 39.6. The topological polar surface area (TPSA) is 191 Å². The summed E-state index contributed by atoms with van der Waals surface area (Å²) in [6.07, 6.45) is -10.4. The predicted octanol–water partition coefficient (Wildman–Crippen LogP) is 6.07. The normalized spacial score (nSPS) is 18.1. The lowest BCUT2D eigenvalue weighted by Gasteiger charge is -2.26. The van der Waals surface area contributed by atoms with E-state index in [1.807, 2.05) is 4.90 Å². The number of alkyl halides is 8. The van der Waals surface area contributed by atoms with E-state index in [4.69, 9.17) is 16.3 Å². The highest BCUT2D eigenvalue weighted by atomic mass is 35.5. The molecule has 2 aliphatic carbocycles. The zero-order chi connectivity index (χ0) is 54.7. The molecule has 2 N–H and O–H groups in total. The van der Waals surface area contributed by atoms with Crippen LogP contribution in [0.4, 0.5) is 49.7 Å². The second-order valence-corrected chi connectivity index (χ2v) is 22.5. The van der Waals surface area contributed by atoms with Gasteiger partial charge in [0.25, 0.3) is 5.92 Å². The number of thiol groups is 1. The highest BCUT2D eigenvalue weighted by Gasteiger charge is 2.68. The number of amides is 2. The van der Waals surface area contributed by atoms with Crippen LogP contribution in [0.5, 0.6) is 0 Å². The molecular weight excluding hydrogens is 1080 g/mol. The van der Waals surface area contributed by atoms with E-state index in [1.54, 1.807) is 0 Å². The highest BCUT2D eigenvalue weighted by molar-refractivity contribution is 7.92. The molecule has 75 heavy (non-hydrogen) atoms. The van der Waals surface area contributed by atoms with Crippen molar-refractivity contribution in [2.75, 3.05) is 56.5 Å². The van der Waals surface area contributed by atoms with Gasteiger partial charge in [-0.25, -0.2) is 34.9 Å². The molecule has 2 aromatic carbocycles. The molecule has 1 unspecified atom stereocenters. The lowest BCUT2D eigenvalue weighted by atomic mass is 9.93. The third kappa shape index (κ3) is 11.9. The van der Waals surface area contributed by atoms with Crippen LogP contribution in [0.1, 0.15) is 66.1 Å². The summed E-state index contributed by atoms with van der Waals surface area (Å²) in [6.45, 7) is 0.731. The summed E-state index contributed by atoms with van der Waals surface area (Å²) in [6, 6.07) is 5.03. The second-order valence-electron chi connectivity index (χ2n) is 18.6. The number of nitrogens with one attached hydrogen (secondary N) is 2. The number of benzene rings is 2. The molecule has 1 aliphatic heterocycles. The number of carbonyl (C=O) groups is 2. The Hall–Kier alpha value is -6.02. The van der Waals surface area contributed by atoms with Crippen LogP contribution >= 0.6 is 11.6 Å². The number of hydrogen-bond donors (Lipinski definition) is 3. The van der Waals surface area contributed by atoms with Crippen molar-refractivity contribution in [1.29, 1.82) is 0 Å². The standard InChI is InChI=1S/C46H44ClF10N9O7S2/c1-43(2,75(3,71)72)9-8-27-4-5-28(29-6-7-32(47)37-39(29)65(23-44(50,51)52)62-42(37)66(74(69)70)22-34(67)58-10-11-63-12-14-73-15-13-63)38(59-27)33(18-24-16-25(48)19-26(49)17-24)60-35(68)21-64-41-36(40(61-64)46(55,56)57)30-20-31(30)45(41,53)54/h4-7,16-17,19,30-31,33,74H,10-15,18,20-23H2,1-3H3,(H,58,67)(H,60,68)/t30-,31+,33?/m0/s1. The number of pyridine rings is 1. The fraction of sp³-hybridized carbons (Fsp3) is 0.457. The van der Waals surface area contributed by atoms with Crippen LogP contribution in [0.15, 0.2) is 42.5 Å². The van der Waals surface area contributed by atoms with Gasteiger partial charge in [-0.15, -0.1) is 0 Å². The largest absolute Gasteiger partial charge is 0.435 e. The predicted molar refractivity (Wildman–Crippen MR) is 251 cm³/mol. The molecule has 2 amide bonds. The number of nitrogens with zero attached hydrogens (tertiary/aromatic N) is 7. The number of fused-ring (bicyclic) bond motifs is 4. The Morgan fingerprint density at radius 1 is 0.973 bits per heavy atom. The number of anilines is 1. The lowest BCUT2D eigenvalue weighted by Crippen LogP contribution is -2.43. The molecule has 1 saturated heterocycles. The van der Waals surface area contributed by atoms with Gasteiger partial charge >= 0.3 is 12.4 Å². The minimum Gasteiger partial charge on any atom is -0.379 e. The molecule has 16 nitrogen and oxygen atoms in total. The van der Waals surface area contributed by atoms with Crippen molar-refractivity contribution in [2.45, 2.75) is 74.8 Å². The molecule has 2 fully saturated rings. The number of sulfone groups is 1. The van der Waals surface area contributed by atoms with E-state index in [9.17, 15) is 61.5 Å². The molecule has 0 spiro atoms. The molecule has 404 valence electrons. The summed E-state index contributed by atoms with van der Waals surface area (Å²) >= 11 is 6.68. The molecule has 3 aromatic heterocycles. The van der Waals surface area contributed by atoms with E-state index in [0.29, 0.717) is 47.9 Å². The second kappa shape index (κ2) is 20.5. The fourth-order valence-electron chi connectivity index (χ4n) is 9.02. The number of carbonyl (C=O) groups excluding carboxylic acids is 2. The van der Waals surface area contributed by atoms with Crippen LogP contribution in [0, 0.1) is 29.4 Å². The minimum atomic E-state index is -5.21. The van der Waals surface area contributed by atoms with E-state index in [0.717, 1.165) is 30.5 Å². The third-order valence-corrected chi connectivity index (χ3v) is 15.9. The maximum Gasteiger partial charge on any atom is 0.435 e. The van der Waals surface area contributed by atoms with E-state index in [-0.39, 0.29) is 45.1 Å². The summed E-state index contributed by atoms with van der Waals surface area (Å²) < 4.78 is 203. The SMILES string of the molecule is CC(C)(C#Cc1ccc(-c2ccc(Cl)c3c(N(CC(=O)NCCN4CCOCC4)[SH](=O)=O)nn(CC(F)(F)F)c23)c(C(Cc2cc(F)cc(F)c2)NC(=O)Cn2nc(C(F)(F)F)c3c2C(F)(F)[C@@H]2C[C@H]32)n1)S(C)(=O)=O. The van der Waals surface area contributed by atoms with E-state index in [1.165, 1.54) is 26.0 Å². The van der Waals surface area contributed by atoms with Crippen molar-refractivity contribution in [3.05, 3.63) is 93.0 Å². The van der Waals surface area contributed by atoms with Crippen molar-refractivity contribution in [1.82, 2.24) is 40.1 Å². The van der Waals surface area contributed by atoms with Gasteiger partial charge < -0.3 is 15.4 Å². The van der Waals surface area contributed by atoms with Gasteiger partial charge in [0.05, 0.1) is 40.9 Å². The summed E-state index contributed by atoms with van der Waals surface area (Å²) in [5.41, 5.74) is -5.57. The first-order valence-corrected chi connectivity index (χ1v) is 26.1. The molecule has 4 heterocycles. The van der Waals surface area contributed by atoms with Crippen molar-refractivity contribution in [3.63, 3.8) is 0 Å². The number of ether oxygens (including phenoxy) is 1. The quantitative estimate of drug-likeness (QED) is 0.0591. The van der Waals surface area contributed by atoms with Gasteiger partial charge in [-0.2, -0.15) is 45.3 Å². The molecular formula is C46H44ClF10N9O7S2. The van der Waals surface area contributed by atoms with E-state index >= 15 is 8.78 Å². The Kier molecular flexibility index (Phi) is 15.1. The monoisotopic (exact) mass is 1120 g/mol. The van der Waals surface area contributed by atoms with Crippen molar-refractivity contribution in [2.24, 2.45) is 5.92 Å². The van der Waals surface area contributed by atoms with Crippen LogP contribution in [0.25, 0.3) is 22.0 Å². The summed E-state index contributed by atoms with van der Waals surface area (Å²) in [7, 11) is -7.75. The number of hydrogen-bond acceptors (Lipinski definition) is 11. The average Bonchev–Trinajstić information content (AvgIpc) is 3.81. The molecule has 5 aromatic rings. The van der Waals surface area contributed by atoms with Crippen LogP contribution in [-0.4, -0.2) is 121 Å². The Labute approximate surface area is 427 Å². The number of rotatable bonds is 16. The van der Waals surface area contributed by atoms with Crippen LogP contribution < -0.4 is 14.9 Å². The van der Waals surface area contributed by atoms with Crippen LogP contribution in [0.2, 0.25) is 5.02 Å². The molecule has 3 aliphatic rings. The smallest absolute Gasteiger partial charge is 0.379 e.